The molecule has 36 heavy (non-hydrogen) atoms. The molecule has 182 valence electrons. The van der Waals surface area contributed by atoms with Gasteiger partial charge in [-0.05, 0) is 48.0 Å². The van der Waals surface area contributed by atoms with Crippen molar-refractivity contribution in [3.05, 3.63) is 88.7 Å². The summed E-state index contributed by atoms with van der Waals surface area (Å²) in [5.74, 6) is -0.198. The summed E-state index contributed by atoms with van der Waals surface area (Å²) in [6.45, 7) is 1.30. The zero-order valence-electron chi connectivity index (χ0n) is 19.5. The Morgan fingerprint density at radius 1 is 1.06 bits per heavy atom. The topological polar surface area (TPSA) is 112 Å². The van der Waals surface area contributed by atoms with Gasteiger partial charge in [-0.2, -0.15) is 5.10 Å². The lowest BCUT2D eigenvalue weighted by Crippen LogP contribution is -2.24. The lowest BCUT2D eigenvalue weighted by molar-refractivity contribution is -0.132. The SMILES string of the molecule is COc1cc(/C=N\NC(=O)CSc2nc3ccccc3c(=O)n2-c2ccccc2)ccc1OC(C)=O. The molecule has 0 aliphatic rings. The number of aromatic nitrogens is 2. The lowest BCUT2D eigenvalue weighted by Gasteiger charge is -2.12. The number of carbonyl (C=O) groups is 2. The number of esters is 1. The highest BCUT2D eigenvalue weighted by atomic mass is 32.2. The van der Waals surface area contributed by atoms with Crippen LogP contribution in [0.5, 0.6) is 11.5 Å². The molecule has 9 nitrogen and oxygen atoms in total. The first-order chi connectivity index (χ1) is 17.5. The molecule has 0 radical (unpaired) electrons. The van der Waals surface area contributed by atoms with Crippen LogP contribution in [0.25, 0.3) is 16.6 Å². The van der Waals surface area contributed by atoms with Crippen LogP contribution in [0, 0.1) is 0 Å². The number of hydrogen-bond acceptors (Lipinski definition) is 8. The van der Waals surface area contributed by atoms with E-state index >= 15 is 0 Å². The molecule has 3 aromatic carbocycles. The minimum atomic E-state index is -0.460. The van der Waals surface area contributed by atoms with E-state index in [1.165, 1.54) is 24.8 Å². The van der Waals surface area contributed by atoms with Crippen molar-refractivity contribution in [2.45, 2.75) is 12.1 Å². The molecule has 0 spiro atoms. The smallest absolute Gasteiger partial charge is 0.308 e. The average Bonchev–Trinajstić information content (AvgIpc) is 2.88. The molecule has 0 aliphatic carbocycles. The fraction of sp³-hybridized carbons (Fsp3) is 0.115. The lowest BCUT2D eigenvalue weighted by atomic mass is 10.2. The maximum Gasteiger partial charge on any atom is 0.308 e. The third-order valence-electron chi connectivity index (χ3n) is 4.94. The number of benzene rings is 3. The quantitative estimate of drug-likeness (QED) is 0.0979. The van der Waals surface area contributed by atoms with Crippen molar-refractivity contribution >= 4 is 40.8 Å². The Kier molecular flexibility index (Phi) is 7.76. The van der Waals surface area contributed by atoms with Gasteiger partial charge in [0.15, 0.2) is 16.7 Å². The van der Waals surface area contributed by atoms with Crippen LogP contribution in [-0.2, 0) is 9.59 Å². The number of fused-ring (bicyclic) bond motifs is 1. The highest BCUT2D eigenvalue weighted by molar-refractivity contribution is 7.99. The third-order valence-corrected chi connectivity index (χ3v) is 5.87. The molecule has 1 aromatic heterocycles. The Labute approximate surface area is 210 Å². The van der Waals surface area contributed by atoms with Crippen LogP contribution in [0.15, 0.2) is 87.8 Å². The van der Waals surface area contributed by atoms with Crippen LogP contribution in [0.2, 0.25) is 0 Å². The predicted molar refractivity (Wildman–Crippen MR) is 138 cm³/mol. The first-order valence-electron chi connectivity index (χ1n) is 10.8. The Balaban J connectivity index is 1.48. The molecule has 1 amide bonds. The summed E-state index contributed by atoms with van der Waals surface area (Å²) in [4.78, 5) is 41.5. The third kappa shape index (κ3) is 5.78. The second-order valence-corrected chi connectivity index (χ2v) is 8.42. The second-order valence-electron chi connectivity index (χ2n) is 7.47. The molecule has 0 aliphatic heterocycles. The number of rotatable bonds is 8. The molecule has 0 saturated carbocycles. The number of para-hydroxylation sites is 2. The zero-order chi connectivity index (χ0) is 25.5. The van der Waals surface area contributed by atoms with Gasteiger partial charge >= 0.3 is 5.97 Å². The van der Waals surface area contributed by atoms with Crippen molar-refractivity contribution in [1.82, 2.24) is 15.0 Å². The zero-order valence-corrected chi connectivity index (χ0v) is 20.3. The molecule has 4 rings (SSSR count). The van der Waals surface area contributed by atoms with Gasteiger partial charge in [0.25, 0.3) is 11.5 Å². The summed E-state index contributed by atoms with van der Waals surface area (Å²) in [5, 5.41) is 4.87. The fourth-order valence-corrected chi connectivity index (χ4v) is 4.16. The average molecular weight is 503 g/mol. The minimum Gasteiger partial charge on any atom is -0.493 e. The van der Waals surface area contributed by atoms with Gasteiger partial charge < -0.3 is 9.47 Å². The monoisotopic (exact) mass is 502 g/mol. The van der Waals surface area contributed by atoms with E-state index in [9.17, 15) is 14.4 Å². The van der Waals surface area contributed by atoms with Crippen LogP contribution in [0.4, 0.5) is 0 Å². The van der Waals surface area contributed by atoms with Crippen LogP contribution < -0.4 is 20.5 Å². The van der Waals surface area contributed by atoms with Gasteiger partial charge in [-0.25, -0.2) is 10.4 Å². The van der Waals surface area contributed by atoms with Crippen LogP contribution >= 0.6 is 11.8 Å². The van der Waals surface area contributed by atoms with Gasteiger partial charge in [-0.3, -0.25) is 19.0 Å². The van der Waals surface area contributed by atoms with E-state index in [0.717, 1.165) is 11.8 Å². The predicted octanol–water partition coefficient (Wildman–Crippen LogP) is 3.56. The Hall–Kier alpha value is -4.44. The summed E-state index contributed by atoms with van der Waals surface area (Å²) < 4.78 is 11.8. The van der Waals surface area contributed by atoms with E-state index < -0.39 is 5.97 Å². The van der Waals surface area contributed by atoms with Crippen molar-refractivity contribution in [3.63, 3.8) is 0 Å². The molecule has 1 heterocycles. The van der Waals surface area contributed by atoms with E-state index in [0.29, 0.717) is 33.1 Å². The first-order valence-corrected chi connectivity index (χ1v) is 11.8. The van der Waals surface area contributed by atoms with Gasteiger partial charge in [-0.15, -0.1) is 0 Å². The number of nitrogens with one attached hydrogen (secondary N) is 1. The summed E-state index contributed by atoms with van der Waals surface area (Å²) >= 11 is 1.14. The summed E-state index contributed by atoms with van der Waals surface area (Å²) in [5.41, 5.74) is 4.10. The summed E-state index contributed by atoms with van der Waals surface area (Å²) in [7, 11) is 1.46. The van der Waals surface area contributed by atoms with Crippen LogP contribution in [0.3, 0.4) is 0 Å². The number of amides is 1. The van der Waals surface area contributed by atoms with E-state index in [1.54, 1.807) is 36.4 Å². The second kappa shape index (κ2) is 11.3. The standard InChI is InChI=1S/C26H22N4O5S/c1-17(31)35-22-13-12-18(14-23(22)34-2)15-27-29-24(32)16-36-26-28-21-11-7-6-10-20(21)25(33)30(26)19-8-4-3-5-9-19/h3-15H,16H2,1-2H3,(H,29,32)/b27-15-. The highest BCUT2D eigenvalue weighted by Gasteiger charge is 2.14. The maximum absolute atomic E-state index is 13.2. The molecule has 0 bridgehead atoms. The first kappa shape index (κ1) is 24.7. The number of hydrogen-bond donors (Lipinski definition) is 1. The number of carbonyl (C=O) groups excluding carboxylic acids is 2. The molecular weight excluding hydrogens is 480 g/mol. The summed E-state index contributed by atoms with van der Waals surface area (Å²) in [6.07, 6.45) is 1.44. The number of ether oxygens (including phenoxy) is 2. The molecule has 0 fully saturated rings. The van der Waals surface area contributed by atoms with Crippen molar-refractivity contribution in [1.29, 1.82) is 0 Å². The minimum absolute atomic E-state index is 0.0103. The van der Waals surface area contributed by atoms with Gasteiger partial charge in [-0.1, -0.05) is 42.1 Å². The van der Waals surface area contributed by atoms with E-state index in [1.807, 2.05) is 36.4 Å². The van der Waals surface area contributed by atoms with Crippen molar-refractivity contribution in [2.24, 2.45) is 5.10 Å². The number of methoxy groups -OCH3 is 1. The van der Waals surface area contributed by atoms with Gasteiger partial charge in [0.2, 0.25) is 0 Å². The Morgan fingerprint density at radius 3 is 2.56 bits per heavy atom. The van der Waals surface area contributed by atoms with Crippen molar-refractivity contribution in [3.8, 4) is 17.2 Å². The van der Waals surface area contributed by atoms with Crippen LogP contribution in [-0.4, -0.2) is 40.5 Å². The van der Waals surface area contributed by atoms with Gasteiger partial charge in [0.05, 0.1) is 35.7 Å². The van der Waals surface area contributed by atoms with Gasteiger partial charge in [0.1, 0.15) is 0 Å². The molecule has 4 aromatic rings. The van der Waals surface area contributed by atoms with Crippen LogP contribution in [0.1, 0.15) is 12.5 Å². The van der Waals surface area contributed by atoms with Crippen molar-refractivity contribution in [2.75, 3.05) is 12.9 Å². The normalized spacial score (nSPS) is 10.9. The molecule has 0 saturated heterocycles. The molecule has 0 unspecified atom stereocenters. The van der Waals surface area contributed by atoms with E-state index in [2.05, 4.69) is 15.5 Å². The largest absolute Gasteiger partial charge is 0.493 e. The molecular formula is C26H22N4O5S. The Morgan fingerprint density at radius 2 is 1.81 bits per heavy atom. The van der Waals surface area contributed by atoms with E-state index in [-0.39, 0.29) is 23.0 Å². The molecule has 1 N–H and O–H groups in total. The molecule has 10 heteroatoms. The van der Waals surface area contributed by atoms with E-state index in [4.69, 9.17) is 9.47 Å². The number of hydrazone groups is 1. The van der Waals surface area contributed by atoms with Crippen molar-refractivity contribution < 1.29 is 19.1 Å². The number of thioether (sulfide) groups is 1. The maximum atomic E-state index is 13.2. The fourth-order valence-electron chi connectivity index (χ4n) is 3.36. The summed E-state index contributed by atoms with van der Waals surface area (Å²) in [6, 6.07) is 21.1. The van der Waals surface area contributed by atoms with Gasteiger partial charge in [0, 0.05) is 6.92 Å². The highest BCUT2D eigenvalue weighted by Crippen LogP contribution is 2.27. The molecule has 0 atom stereocenters. The Bertz CT molecular complexity index is 1500. The number of nitrogens with zero attached hydrogens (tertiary/aromatic N) is 3.